The number of aryl methyl sites for hydroxylation is 1. The van der Waals surface area contributed by atoms with E-state index in [1.807, 2.05) is 7.11 Å². The molecule has 2 nitrogen and oxygen atoms in total. The van der Waals surface area contributed by atoms with Crippen molar-refractivity contribution in [1.29, 1.82) is 0 Å². The van der Waals surface area contributed by atoms with Crippen LogP contribution in [0, 0.1) is 25.7 Å². The van der Waals surface area contributed by atoms with Crippen LogP contribution in [0.3, 0.4) is 0 Å². The van der Waals surface area contributed by atoms with Crippen LogP contribution in [-0.2, 0) is 0 Å². The summed E-state index contributed by atoms with van der Waals surface area (Å²) in [6, 6.07) is 4.55. The Labute approximate surface area is 123 Å². The Kier molecular flexibility index (Phi) is 5.09. The summed E-state index contributed by atoms with van der Waals surface area (Å²) in [7, 11) is 3.87. The molecule has 1 saturated carbocycles. The number of ether oxygens (including phenoxy) is 1. The van der Waals surface area contributed by atoms with Crippen LogP contribution in [0.1, 0.15) is 48.8 Å². The molecule has 1 N–H and O–H groups in total. The molecule has 0 amide bonds. The molecular weight excluding hydrogens is 246 g/mol. The average molecular weight is 275 g/mol. The SMILES string of the molecule is CNCC1CCC(C)CC1c1ccc(C)c(C)c1OC. The smallest absolute Gasteiger partial charge is 0.125 e. The van der Waals surface area contributed by atoms with Gasteiger partial charge in [-0.05, 0) is 74.7 Å². The van der Waals surface area contributed by atoms with Crippen molar-refractivity contribution in [3.8, 4) is 5.75 Å². The van der Waals surface area contributed by atoms with Gasteiger partial charge in [0, 0.05) is 0 Å². The van der Waals surface area contributed by atoms with Crippen molar-refractivity contribution in [2.75, 3.05) is 20.7 Å². The third-order valence-electron chi connectivity index (χ3n) is 5.03. The van der Waals surface area contributed by atoms with Crippen LogP contribution >= 0.6 is 0 Å². The second-order valence-corrected chi connectivity index (χ2v) is 6.47. The highest BCUT2D eigenvalue weighted by Gasteiger charge is 2.31. The molecule has 0 spiro atoms. The van der Waals surface area contributed by atoms with Gasteiger partial charge in [0.15, 0.2) is 0 Å². The van der Waals surface area contributed by atoms with E-state index in [1.54, 1.807) is 0 Å². The first-order valence-electron chi connectivity index (χ1n) is 7.87. The van der Waals surface area contributed by atoms with E-state index >= 15 is 0 Å². The van der Waals surface area contributed by atoms with Gasteiger partial charge in [0.25, 0.3) is 0 Å². The van der Waals surface area contributed by atoms with Gasteiger partial charge in [0.1, 0.15) is 5.75 Å². The molecule has 3 unspecified atom stereocenters. The Morgan fingerprint density at radius 1 is 1.25 bits per heavy atom. The zero-order chi connectivity index (χ0) is 14.7. The number of hydrogen-bond donors (Lipinski definition) is 1. The van der Waals surface area contributed by atoms with Gasteiger partial charge < -0.3 is 10.1 Å². The number of nitrogens with one attached hydrogen (secondary N) is 1. The molecule has 2 rings (SSSR count). The maximum Gasteiger partial charge on any atom is 0.125 e. The summed E-state index contributed by atoms with van der Waals surface area (Å²) >= 11 is 0. The fourth-order valence-electron chi connectivity index (χ4n) is 3.70. The lowest BCUT2D eigenvalue weighted by molar-refractivity contribution is 0.240. The third kappa shape index (κ3) is 3.01. The van der Waals surface area contributed by atoms with E-state index in [2.05, 4.69) is 45.3 Å². The van der Waals surface area contributed by atoms with Crippen molar-refractivity contribution >= 4 is 0 Å². The number of benzene rings is 1. The largest absolute Gasteiger partial charge is 0.496 e. The Bertz CT molecular complexity index is 455. The van der Waals surface area contributed by atoms with Crippen molar-refractivity contribution in [2.24, 2.45) is 11.8 Å². The first-order chi connectivity index (χ1) is 9.58. The molecule has 0 bridgehead atoms. The van der Waals surface area contributed by atoms with Gasteiger partial charge in [-0.3, -0.25) is 0 Å². The highest BCUT2D eigenvalue weighted by Crippen LogP contribution is 2.44. The minimum Gasteiger partial charge on any atom is -0.496 e. The zero-order valence-electron chi connectivity index (χ0n) is 13.6. The van der Waals surface area contributed by atoms with E-state index < -0.39 is 0 Å². The topological polar surface area (TPSA) is 21.3 Å². The van der Waals surface area contributed by atoms with Gasteiger partial charge in [-0.15, -0.1) is 0 Å². The Morgan fingerprint density at radius 2 is 2.00 bits per heavy atom. The van der Waals surface area contributed by atoms with Crippen molar-refractivity contribution in [3.63, 3.8) is 0 Å². The number of rotatable bonds is 4. The molecule has 2 heteroatoms. The van der Waals surface area contributed by atoms with Gasteiger partial charge in [0.05, 0.1) is 7.11 Å². The van der Waals surface area contributed by atoms with Crippen molar-refractivity contribution in [2.45, 2.75) is 46.0 Å². The first kappa shape index (κ1) is 15.4. The van der Waals surface area contributed by atoms with E-state index in [4.69, 9.17) is 4.74 Å². The van der Waals surface area contributed by atoms with Crippen molar-refractivity contribution in [3.05, 3.63) is 28.8 Å². The standard InChI is InChI=1S/C18H29NO/c1-12-6-8-15(11-19-4)17(10-12)16-9-7-13(2)14(3)18(16)20-5/h7,9,12,15,17,19H,6,8,10-11H2,1-5H3. The first-order valence-corrected chi connectivity index (χ1v) is 7.87. The molecular formula is C18H29NO. The summed E-state index contributed by atoms with van der Waals surface area (Å²) in [5.41, 5.74) is 4.04. The quantitative estimate of drug-likeness (QED) is 0.895. The molecule has 1 aromatic rings. The summed E-state index contributed by atoms with van der Waals surface area (Å²) in [5.74, 6) is 3.29. The highest BCUT2D eigenvalue weighted by atomic mass is 16.5. The van der Waals surface area contributed by atoms with E-state index in [9.17, 15) is 0 Å². The molecule has 0 saturated heterocycles. The van der Waals surface area contributed by atoms with E-state index in [1.165, 1.54) is 36.0 Å². The Hall–Kier alpha value is -1.02. The number of hydrogen-bond acceptors (Lipinski definition) is 2. The van der Waals surface area contributed by atoms with Crippen LogP contribution in [0.15, 0.2) is 12.1 Å². The maximum absolute atomic E-state index is 5.75. The molecule has 20 heavy (non-hydrogen) atoms. The highest BCUT2D eigenvalue weighted by molar-refractivity contribution is 5.47. The molecule has 1 aliphatic carbocycles. The summed E-state index contributed by atoms with van der Waals surface area (Å²) in [5, 5.41) is 3.37. The Morgan fingerprint density at radius 3 is 2.65 bits per heavy atom. The zero-order valence-corrected chi connectivity index (χ0v) is 13.6. The van der Waals surface area contributed by atoms with Crippen molar-refractivity contribution < 1.29 is 4.74 Å². The van der Waals surface area contributed by atoms with Crippen LogP contribution in [0.5, 0.6) is 5.75 Å². The fourth-order valence-corrected chi connectivity index (χ4v) is 3.70. The molecule has 112 valence electrons. The monoisotopic (exact) mass is 275 g/mol. The van der Waals surface area contributed by atoms with Gasteiger partial charge in [-0.1, -0.05) is 25.5 Å². The van der Waals surface area contributed by atoms with Crippen LogP contribution in [0.2, 0.25) is 0 Å². The van der Waals surface area contributed by atoms with E-state index in [-0.39, 0.29) is 0 Å². The summed E-state index contributed by atoms with van der Waals surface area (Å²) in [6.45, 7) is 7.83. The Balaban J connectivity index is 2.38. The second kappa shape index (κ2) is 6.62. The third-order valence-corrected chi connectivity index (χ3v) is 5.03. The number of methoxy groups -OCH3 is 1. The van der Waals surface area contributed by atoms with Gasteiger partial charge in [0.2, 0.25) is 0 Å². The molecule has 3 atom stereocenters. The lowest BCUT2D eigenvalue weighted by Gasteiger charge is -2.36. The predicted molar refractivity (Wildman–Crippen MR) is 85.6 cm³/mol. The van der Waals surface area contributed by atoms with Crippen LogP contribution in [0.25, 0.3) is 0 Å². The predicted octanol–water partition coefficient (Wildman–Crippen LogP) is 4.05. The van der Waals surface area contributed by atoms with E-state index in [0.29, 0.717) is 5.92 Å². The molecule has 1 aliphatic rings. The van der Waals surface area contributed by atoms with E-state index in [0.717, 1.165) is 24.1 Å². The molecule has 0 aliphatic heterocycles. The minimum atomic E-state index is 0.625. The fraction of sp³-hybridized carbons (Fsp3) is 0.667. The summed E-state index contributed by atoms with van der Waals surface area (Å²) in [6.07, 6.45) is 3.96. The van der Waals surface area contributed by atoms with Crippen LogP contribution in [-0.4, -0.2) is 20.7 Å². The van der Waals surface area contributed by atoms with Crippen LogP contribution < -0.4 is 10.1 Å². The molecule has 0 heterocycles. The molecule has 0 aromatic heterocycles. The van der Waals surface area contributed by atoms with Crippen LogP contribution in [0.4, 0.5) is 0 Å². The average Bonchev–Trinajstić information content (AvgIpc) is 2.44. The molecule has 1 aromatic carbocycles. The molecule has 0 radical (unpaired) electrons. The normalized spacial score (nSPS) is 26.6. The maximum atomic E-state index is 5.75. The van der Waals surface area contributed by atoms with Gasteiger partial charge in [-0.25, -0.2) is 0 Å². The lowest BCUT2D eigenvalue weighted by atomic mass is 9.71. The van der Waals surface area contributed by atoms with Gasteiger partial charge in [-0.2, -0.15) is 0 Å². The molecule has 1 fully saturated rings. The lowest BCUT2D eigenvalue weighted by Crippen LogP contribution is -2.30. The second-order valence-electron chi connectivity index (χ2n) is 6.47. The summed E-state index contributed by atoms with van der Waals surface area (Å²) in [4.78, 5) is 0. The minimum absolute atomic E-state index is 0.625. The summed E-state index contributed by atoms with van der Waals surface area (Å²) < 4.78 is 5.75. The van der Waals surface area contributed by atoms with Gasteiger partial charge >= 0.3 is 0 Å². The van der Waals surface area contributed by atoms with Crippen molar-refractivity contribution in [1.82, 2.24) is 5.32 Å².